The van der Waals surface area contributed by atoms with E-state index in [1.165, 1.54) is 17.0 Å². The lowest BCUT2D eigenvalue weighted by atomic mass is 10.2. The number of hydrogen-bond donors (Lipinski definition) is 1. The number of hydrogen-bond acceptors (Lipinski definition) is 3. The quantitative estimate of drug-likeness (QED) is 0.733. The SMILES string of the molecule is CN(C(=O)c1cc2cc(N)ccc2o1)c1cccc(F)c1. The smallest absolute Gasteiger partial charge is 0.293 e. The molecule has 4 nitrogen and oxygen atoms in total. The van der Waals surface area contributed by atoms with Crippen molar-refractivity contribution in [1.29, 1.82) is 0 Å². The molecule has 5 heteroatoms. The summed E-state index contributed by atoms with van der Waals surface area (Å²) in [5, 5.41) is 0.756. The van der Waals surface area contributed by atoms with Gasteiger partial charge in [-0.1, -0.05) is 6.07 Å². The largest absolute Gasteiger partial charge is 0.451 e. The zero-order valence-corrected chi connectivity index (χ0v) is 11.3. The standard InChI is InChI=1S/C16H13FN2O2/c1-19(13-4-2-3-11(17)9-13)16(20)15-8-10-7-12(18)5-6-14(10)21-15/h2-9H,18H2,1H3. The zero-order chi connectivity index (χ0) is 15.0. The van der Waals surface area contributed by atoms with E-state index >= 15 is 0 Å². The van der Waals surface area contributed by atoms with Crippen LogP contribution in [0.15, 0.2) is 52.9 Å². The molecule has 0 aliphatic heterocycles. The van der Waals surface area contributed by atoms with Crippen molar-refractivity contribution in [2.45, 2.75) is 0 Å². The third-order valence-electron chi connectivity index (χ3n) is 3.25. The maximum absolute atomic E-state index is 13.2. The van der Waals surface area contributed by atoms with E-state index in [0.717, 1.165) is 5.39 Å². The lowest BCUT2D eigenvalue weighted by Gasteiger charge is -2.15. The number of carbonyl (C=O) groups is 1. The number of nitrogens with zero attached hydrogens (tertiary/aromatic N) is 1. The summed E-state index contributed by atoms with van der Waals surface area (Å²) in [4.78, 5) is 13.7. The van der Waals surface area contributed by atoms with Crippen molar-refractivity contribution in [3.05, 3.63) is 60.1 Å². The highest BCUT2D eigenvalue weighted by Crippen LogP contribution is 2.24. The van der Waals surface area contributed by atoms with Crippen LogP contribution in [0.4, 0.5) is 15.8 Å². The lowest BCUT2D eigenvalue weighted by Crippen LogP contribution is -2.25. The molecule has 2 aromatic carbocycles. The molecule has 2 N–H and O–H groups in total. The normalized spacial score (nSPS) is 10.8. The topological polar surface area (TPSA) is 59.5 Å². The Morgan fingerprint density at radius 1 is 1.19 bits per heavy atom. The van der Waals surface area contributed by atoms with Crippen molar-refractivity contribution in [2.75, 3.05) is 17.7 Å². The van der Waals surface area contributed by atoms with Gasteiger partial charge in [-0.3, -0.25) is 4.79 Å². The Balaban J connectivity index is 1.96. The van der Waals surface area contributed by atoms with Crippen molar-refractivity contribution < 1.29 is 13.6 Å². The van der Waals surface area contributed by atoms with Crippen LogP contribution in [-0.4, -0.2) is 13.0 Å². The molecule has 0 fully saturated rings. The summed E-state index contributed by atoms with van der Waals surface area (Å²) < 4.78 is 18.7. The van der Waals surface area contributed by atoms with Crippen LogP contribution in [0.5, 0.6) is 0 Å². The fourth-order valence-electron chi connectivity index (χ4n) is 2.13. The van der Waals surface area contributed by atoms with Crippen LogP contribution in [0.3, 0.4) is 0 Å². The number of halogens is 1. The van der Waals surface area contributed by atoms with Crippen LogP contribution in [0.25, 0.3) is 11.0 Å². The molecule has 0 saturated carbocycles. The van der Waals surface area contributed by atoms with Gasteiger partial charge >= 0.3 is 0 Å². The van der Waals surface area contributed by atoms with Gasteiger partial charge in [0.15, 0.2) is 5.76 Å². The Labute approximate surface area is 120 Å². The van der Waals surface area contributed by atoms with Crippen LogP contribution in [-0.2, 0) is 0 Å². The first-order valence-electron chi connectivity index (χ1n) is 6.37. The molecular formula is C16H13FN2O2. The fourth-order valence-corrected chi connectivity index (χ4v) is 2.13. The van der Waals surface area contributed by atoms with Crippen molar-refractivity contribution >= 4 is 28.3 Å². The highest BCUT2D eigenvalue weighted by atomic mass is 19.1. The number of amides is 1. The van der Waals surface area contributed by atoms with Crippen molar-refractivity contribution in [3.8, 4) is 0 Å². The molecule has 0 atom stereocenters. The second kappa shape index (κ2) is 4.94. The molecular weight excluding hydrogens is 271 g/mol. The van der Waals surface area contributed by atoms with Crippen LogP contribution in [0, 0.1) is 5.82 Å². The van der Waals surface area contributed by atoms with Gasteiger partial charge < -0.3 is 15.1 Å². The molecule has 3 rings (SSSR count). The Hall–Kier alpha value is -2.82. The van der Waals surface area contributed by atoms with Gasteiger partial charge in [-0.25, -0.2) is 4.39 Å². The van der Waals surface area contributed by atoms with E-state index in [9.17, 15) is 9.18 Å². The van der Waals surface area contributed by atoms with E-state index in [4.69, 9.17) is 10.2 Å². The van der Waals surface area contributed by atoms with E-state index in [-0.39, 0.29) is 11.7 Å². The molecule has 0 aliphatic rings. The van der Waals surface area contributed by atoms with E-state index in [1.807, 2.05) is 0 Å². The maximum atomic E-state index is 13.2. The highest BCUT2D eigenvalue weighted by Gasteiger charge is 2.18. The predicted molar refractivity (Wildman–Crippen MR) is 79.8 cm³/mol. The Morgan fingerprint density at radius 2 is 2.00 bits per heavy atom. The van der Waals surface area contributed by atoms with Crippen molar-refractivity contribution in [2.24, 2.45) is 0 Å². The van der Waals surface area contributed by atoms with Gasteiger partial charge in [-0.15, -0.1) is 0 Å². The average Bonchev–Trinajstić information content (AvgIpc) is 2.88. The van der Waals surface area contributed by atoms with E-state index in [0.29, 0.717) is 17.0 Å². The minimum absolute atomic E-state index is 0.183. The van der Waals surface area contributed by atoms with Crippen LogP contribution in [0.1, 0.15) is 10.6 Å². The second-order valence-corrected chi connectivity index (χ2v) is 4.75. The molecule has 0 spiro atoms. The zero-order valence-electron chi connectivity index (χ0n) is 11.3. The average molecular weight is 284 g/mol. The van der Waals surface area contributed by atoms with Gasteiger partial charge in [0.05, 0.1) is 0 Å². The van der Waals surface area contributed by atoms with Gasteiger partial charge in [0.1, 0.15) is 11.4 Å². The number of furan rings is 1. The second-order valence-electron chi connectivity index (χ2n) is 4.75. The third kappa shape index (κ3) is 2.45. The summed E-state index contributed by atoms with van der Waals surface area (Å²) in [5.41, 5.74) is 7.34. The van der Waals surface area contributed by atoms with Crippen molar-refractivity contribution in [1.82, 2.24) is 0 Å². The van der Waals surface area contributed by atoms with Crippen molar-refractivity contribution in [3.63, 3.8) is 0 Å². The lowest BCUT2D eigenvalue weighted by molar-refractivity contribution is 0.0968. The first-order chi connectivity index (χ1) is 10.0. The number of rotatable bonds is 2. The molecule has 21 heavy (non-hydrogen) atoms. The number of carbonyl (C=O) groups excluding carboxylic acids is 1. The minimum Gasteiger partial charge on any atom is -0.451 e. The molecule has 1 aromatic heterocycles. The molecule has 0 radical (unpaired) electrons. The van der Waals surface area contributed by atoms with Gasteiger partial charge in [0.2, 0.25) is 0 Å². The Bertz CT molecular complexity index is 826. The summed E-state index contributed by atoms with van der Waals surface area (Å²) >= 11 is 0. The summed E-state index contributed by atoms with van der Waals surface area (Å²) in [6, 6.07) is 12.6. The summed E-state index contributed by atoms with van der Waals surface area (Å²) in [6.45, 7) is 0. The molecule has 0 unspecified atom stereocenters. The van der Waals surface area contributed by atoms with Gasteiger partial charge in [-0.2, -0.15) is 0 Å². The van der Waals surface area contributed by atoms with E-state index < -0.39 is 5.82 Å². The van der Waals surface area contributed by atoms with E-state index in [1.54, 1.807) is 43.4 Å². The molecule has 0 saturated heterocycles. The predicted octanol–water partition coefficient (Wildman–Crippen LogP) is 3.43. The van der Waals surface area contributed by atoms with E-state index in [2.05, 4.69) is 0 Å². The number of nitrogen functional groups attached to an aromatic ring is 1. The minimum atomic E-state index is -0.399. The molecule has 1 heterocycles. The van der Waals surface area contributed by atoms with Crippen LogP contribution < -0.4 is 10.6 Å². The third-order valence-corrected chi connectivity index (χ3v) is 3.25. The van der Waals surface area contributed by atoms with Gasteiger partial charge in [0, 0.05) is 23.8 Å². The van der Waals surface area contributed by atoms with Crippen LogP contribution in [0.2, 0.25) is 0 Å². The summed E-state index contributed by atoms with van der Waals surface area (Å²) in [5.74, 6) is -0.567. The molecule has 0 aliphatic carbocycles. The number of nitrogens with two attached hydrogens (primary N) is 1. The Morgan fingerprint density at radius 3 is 2.76 bits per heavy atom. The molecule has 1 amide bonds. The van der Waals surface area contributed by atoms with Gasteiger partial charge in [0.25, 0.3) is 5.91 Å². The molecule has 3 aromatic rings. The molecule has 0 bridgehead atoms. The first kappa shape index (κ1) is 13.2. The number of anilines is 2. The summed E-state index contributed by atoms with van der Waals surface area (Å²) in [7, 11) is 1.57. The highest BCUT2D eigenvalue weighted by molar-refractivity contribution is 6.06. The summed E-state index contributed by atoms with van der Waals surface area (Å²) in [6.07, 6.45) is 0. The maximum Gasteiger partial charge on any atom is 0.293 e. The fraction of sp³-hybridized carbons (Fsp3) is 0.0625. The monoisotopic (exact) mass is 284 g/mol. The number of fused-ring (bicyclic) bond motifs is 1. The number of benzene rings is 2. The van der Waals surface area contributed by atoms with Gasteiger partial charge in [-0.05, 0) is 42.5 Å². The van der Waals surface area contributed by atoms with Crippen LogP contribution >= 0.6 is 0 Å². The molecule has 106 valence electrons. The Kier molecular flexibility index (Phi) is 3.10. The first-order valence-corrected chi connectivity index (χ1v) is 6.37.